The minimum Gasteiger partial charge on any atom is -0.496 e. The van der Waals surface area contributed by atoms with Crippen molar-refractivity contribution in [3.8, 4) is 5.75 Å². The van der Waals surface area contributed by atoms with E-state index in [9.17, 15) is 0 Å². The first-order valence-electron chi connectivity index (χ1n) is 7.05. The molecular formula is C16H25NO. The van der Waals surface area contributed by atoms with Gasteiger partial charge in [-0.3, -0.25) is 0 Å². The molecule has 1 saturated heterocycles. The van der Waals surface area contributed by atoms with Crippen LogP contribution in [0.2, 0.25) is 0 Å². The zero-order valence-corrected chi connectivity index (χ0v) is 11.9. The maximum absolute atomic E-state index is 5.37. The van der Waals surface area contributed by atoms with Crippen LogP contribution < -0.4 is 10.1 Å². The summed E-state index contributed by atoms with van der Waals surface area (Å²) in [5, 5.41) is 3.43. The predicted molar refractivity (Wildman–Crippen MR) is 76.4 cm³/mol. The third kappa shape index (κ3) is 3.26. The first kappa shape index (κ1) is 13.4. The fourth-order valence-electron chi connectivity index (χ4n) is 2.87. The third-order valence-electron chi connectivity index (χ3n) is 4.13. The van der Waals surface area contributed by atoms with E-state index >= 15 is 0 Å². The molecule has 2 heteroatoms. The van der Waals surface area contributed by atoms with Crippen LogP contribution in [0.4, 0.5) is 0 Å². The summed E-state index contributed by atoms with van der Waals surface area (Å²) >= 11 is 0. The standard InChI is InChI=1S/C16H25NO/c1-12-11-16(18-3)13(2)10-15(12)5-4-14-6-8-17-9-7-14/h10-11,14,17H,4-9H2,1-3H3. The van der Waals surface area contributed by atoms with Gasteiger partial charge in [0.15, 0.2) is 0 Å². The Morgan fingerprint density at radius 1 is 1.17 bits per heavy atom. The van der Waals surface area contributed by atoms with Crippen molar-refractivity contribution in [1.29, 1.82) is 0 Å². The van der Waals surface area contributed by atoms with Crippen molar-refractivity contribution in [2.24, 2.45) is 5.92 Å². The normalized spacial score (nSPS) is 16.8. The van der Waals surface area contributed by atoms with Crippen LogP contribution in [-0.4, -0.2) is 20.2 Å². The van der Waals surface area contributed by atoms with E-state index in [1.54, 1.807) is 7.11 Å². The highest BCUT2D eigenvalue weighted by atomic mass is 16.5. The van der Waals surface area contributed by atoms with Crippen LogP contribution in [0, 0.1) is 19.8 Å². The lowest BCUT2D eigenvalue weighted by molar-refractivity contribution is 0.354. The molecule has 2 nitrogen and oxygen atoms in total. The maximum Gasteiger partial charge on any atom is 0.122 e. The predicted octanol–water partition coefficient (Wildman–Crippen LogP) is 3.24. The molecule has 1 aromatic carbocycles. The lowest BCUT2D eigenvalue weighted by Crippen LogP contribution is -2.27. The zero-order valence-electron chi connectivity index (χ0n) is 11.9. The Hall–Kier alpha value is -1.02. The van der Waals surface area contributed by atoms with Gasteiger partial charge >= 0.3 is 0 Å². The van der Waals surface area contributed by atoms with Gasteiger partial charge in [-0.25, -0.2) is 0 Å². The Balaban J connectivity index is 1.98. The molecule has 18 heavy (non-hydrogen) atoms. The van der Waals surface area contributed by atoms with Crippen molar-refractivity contribution in [3.05, 3.63) is 28.8 Å². The van der Waals surface area contributed by atoms with Crippen molar-refractivity contribution in [3.63, 3.8) is 0 Å². The summed E-state index contributed by atoms with van der Waals surface area (Å²) in [6.07, 6.45) is 5.22. The first-order valence-corrected chi connectivity index (χ1v) is 7.05. The lowest BCUT2D eigenvalue weighted by atomic mass is 9.90. The van der Waals surface area contributed by atoms with Crippen LogP contribution in [0.25, 0.3) is 0 Å². The molecular weight excluding hydrogens is 222 g/mol. The van der Waals surface area contributed by atoms with E-state index in [1.165, 1.54) is 55.5 Å². The van der Waals surface area contributed by atoms with Gasteiger partial charge in [0.1, 0.15) is 5.75 Å². The lowest BCUT2D eigenvalue weighted by Gasteiger charge is -2.23. The molecule has 0 spiro atoms. The number of nitrogens with one attached hydrogen (secondary N) is 1. The maximum atomic E-state index is 5.37. The summed E-state index contributed by atoms with van der Waals surface area (Å²) in [4.78, 5) is 0. The van der Waals surface area contributed by atoms with E-state index in [0.29, 0.717) is 0 Å². The highest BCUT2D eigenvalue weighted by Crippen LogP contribution is 2.25. The van der Waals surface area contributed by atoms with Crippen molar-refractivity contribution < 1.29 is 4.74 Å². The van der Waals surface area contributed by atoms with E-state index in [2.05, 4.69) is 31.3 Å². The van der Waals surface area contributed by atoms with Gasteiger partial charge in [0.2, 0.25) is 0 Å². The fraction of sp³-hybridized carbons (Fsp3) is 0.625. The molecule has 0 aliphatic carbocycles. The van der Waals surface area contributed by atoms with E-state index in [4.69, 9.17) is 4.74 Å². The van der Waals surface area contributed by atoms with Crippen LogP contribution in [0.15, 0.2) is 12.1 Å². The first-order chi connectivity index (χ1) is 8.70. The van der Waals surface area contributed by atoms with Crippen LogP contribution in [0.5, 0.6) is 5.75 Å². The van der Waals surface area contributed by atoms with E-state index in [-0.39, 0.29) is 0 Å². The summed E-state index contributed by atoms with van der Waals surface area (Å²) in [5.74, 6) is 1.92. The largest absolute Gasteiger partial charge is 0.496 e. The fourth-order valence-corrected chi connectivity index (χ4v) is 2.87. The van der Waals surface area contributed by atoms with Gasteiger partial charge < -0.3 is 10.1 Å². The number of ether oxygens (including phenoxy) is 1. The highest BCUT2D eigenvalue weighted by Gasteiger charge is 2.13. The topological polar surface area (TPSA) is 21.3 Å². The van der Waals surface area contributed by atoms with Gasteiger partial charge in [-0.2, -0.15) is 0 Å². The second-order valence-electron chi connectivity index (χ2n) is 5.48. The number of hydrogen-bond donors (Lipinski definition) is 1. The smallest absolute Gasteiger partial charge is 0.122 e. The third-order valence-corrected chi connectivity index (χ3v) is 4.13. The van der Waals surface area contributed by atoms with Gasteiger partial charge in [0, 0.05) is 0 Å². The summed E-state index contributed by atoms with van der Waals surface area (Å²) < 4.78 is 5.37. The molecule has 1 heterocycles. The van der Waals surface area contributed by atoms with Gasteiger partial charge in [-0.1, -0.05) is 6.07 Å². The number of methoxy groups -OCH3 is 1. The summed E-state index contributed by atoms with van der Waals surface area (Å²) in [6.45, 7) is 6.72. The highest BCUT2D eigenvalue weighted by molar-refractivity contribution is 5.41. The van der Waals surface area contributed by atoms with E-state index in [0.717, 1.165) is 11.7 Å². The van der Waals surface area contributed by atoms with E-state index in [1.807, 2.05) is 0 Å². The van der Waals surface area contributed by atoms with Crippen LogP contribution in [0.3, 0.4) is 0 Å². The van der Waals surface area contributed by atoms with Crippen molar-refractivity contribution >= 4 is 0 Å². The minimum atomic E-state index is 0.910. The molecule has 0 bridgehead atoms. The molecule has 100 valence electrons. The second-order valence-corrected chi connectivity index (χ2v) is 5.48. The molecule has 1 fully saturated rings. The van der Waals surface area contributed by atoms with Gasteiger partial charge in [0.25, 0.3) is 0 Å². The Morgan fingerprint density at radius 2 is 1.89 bits per heavy atom. The molecule has 1 aliphatic heterocycles. The second kappa shape index (κ2) is 6.24. The molecule has 1 aliphatic rings. The molecule has 0 amide bonds. The average Bonchev–Trinajstić information content (AvgIpc) is 2.40. The van der Waals surface area contributed by atoms with Gasteiger partial charge in [-0.15, -0.1) is 0 Å². The number of rotatable bonds is 4. The number of benzene rings is 1. The van der Waals surface area contributed by atoms with Crippen molar-refractivity contribution in [2.75, 3.05) is 20.2 Å². The molecule has 0 aromatic heterocycles. The quantitative estimate of drug-likeness (QED) is 0.882. The molecule has 2 rings (SSSR count). The minimum absolute atomic E-state index is 0.910. The molecule has 0 unspecified atom stereocenters. The Morgan fingerprint density at radius 3 is 2.56 bits per heavy atom. The van der Waals surface area contributed by atoms with Gasteiger partial charge in [-0.05, 0) is 81.3 Å². The van der Waals surface area contributed by atoms with E-state index < -0.39 is 0 Å². The zero-order chi connectivity index (χ0) is 13.0. The van der Waals surface area contributed by atoms with Crippen LogP contribution in [0.1, 0.15) is 36.0 Å². The Labute approximate surface area is 111 Å². The SMILES string of the molecule is COc1cc(C)c(CCC2CCNCC2)cc1C. The molecule has 1 aromatic rings. The molecule has 0 saturated carbocycles. The van der Waals surface area contributed by atoms with Gasteiger partial charge in [0.05, 0.1) is 7.11 Å². The average molecular weight is 247 g/mol. The molecule has 0 radical (unpaired) electrons. The Bertz CT molecular complexity index is 394. The number of aryl methyl sites for hydroxylation is 3. The van der Waals surface area contributed by atoms with Crippen molar-refractivity contribution in [2.45, 2.75) is 39.5 Å². The number of piperidine rings is 1. The monoisotopic (exact) mass is 247 g/mol. The summed E-state index contributed by atoms with van der Waals surface area (Å²) in [5.41, 5.74) is 4.11. The van der Waals surface area contributed by atoms with Crippen LogP contribution in [-0.2, 0) is 6.42 Å². The Kier molecular flexibility index (Phi) is 4.65. The number of hydrogen-bond acceptors (Lipinski definition) is 2. The summed E-state index contributed by atoms with van der Waals surface area (Å²) in [6, 6.07) is 4.47. The summed E-state index contributed by atoms with van der Waals surface area (Å²) in [7, 11) is 1.75. The van der Waals surface area contributed by atoms with Crippen molar-refractivity contribution in [1.82, 2.24) is 5.32 Å². The molecule has 0 atom stereocenters. The van der Waals surface area contributed by atoms with Crippen LogP contribution >= 0.6 is 0 Å². The molecule has 1 N–H and O–H groups in total.